The Hall–Kier alpha value is -1.50. The van der Waals surface area contributed by atoms with Crippen LogP contribution in [-0.2, 0) is 19.1 Å². The van der Waals surface area contributed by atoms with E-state index in [4.69, 9.17) is 4.74 Å². The molecule has 3 fully saturated rings. The molecule has 0 bridgehead atoms. The molecule has 2 N–H and O–H groups in total. The second kappa shape index (κ2) is 9.03. The number of hydrogen-bond donors (Lipinski definition) is 2. The summed E-state index contributed by atoms with van der Waals surface area (Å²) in [6, 6.07) is 0.241. The summed E-state index contributed by atoms with van der Waals surface area (Å²) in [6.45, 7) is 5.18. The highest BCUT2D eigenvalue weighted by Crippen LogP contribution is 2.64. The standard InChI is InChI=1S/C25H38N2O4S/c1-24-12-9-17-15(5-8-20-25(17,2)13-10-21(28)27-20)16(24)6-7-18(24)22(29)26-14-11-19(32-4)23(30)31-3/h10,13,15-20H,5-9,11-12,14H2,1-4H3,(H,26,29)(H,27,28)/t15-,16-,17+,18?,19?,20?,24-,25+/m0/s1. The fourth-order valence-corrected chi connectivity index (χ4v) is 8.32. The summed E-state index contributed by atoms with van der Waals surface area (Å²) in [7, 11) is 1.41. The highest BCUT2D eigenvalue weighted by atomic mass is 32.2. The van der Waals surface area contributed by atoms with Gasteiger partial charge in [-0.05, 0) is 80.4 Å². The highest BCUT2D eigenvalue weighted by molar-refractivity contribution is 7.99. The number of nitrogens with one attached hydrogen (secondary N) is 2. The molecule has 0 spiro atoms. The van der Waals surface area contributed by atoms with Gasteiger partial charge in [0.1, 0.15) is 5.25 Å². The van der Waals surface area contributed by atoms with E-state index in [-0.39, 0.29) is 45.8 Å². The third kappa shape index (κ3) is 3.88. The lowest BCUT2D eigenvalue weighted by Crippen LogP contribution is -2.59. The molecule has 4 aliphatic rings. The molecule has 32 heavy (non-hydrogen) atoms. The van der Waals surface area contributed by atoms with E-state index < -0.39 is 0 Å². The largest absolute Gasteiger partial charge is 0.468 e. The molecule has 178 valence electrons. The quantitative estimate of drug-likeness (QED) is 0.592. The molecule has 1 aliphatic heterocycles. The minimum absolute atomic E-state index is 0.0270. The predicted octanol–water partition coefficient (Wildman–Crippen LogP) is 3.31. The maximum absolute atomic E-state index is 13.2. The lowest BCUT2D eigenvalue weighted by atomic mass is 9.48. The van der Waals surface area contributed by atoms with E-state index in [0.29, 0.717) is 30.7 Å². The van der Waals surface area contributed by atoms with Crippen LogP contribution >= 0.6 is 11.8 Å². The molecule has 2 amide bonds. The average molecular weight is 463 g/mol. The number of carbonyl (C=O) groups excluding carboxylic acids is 3. The van der Waals surface area contributed by atoms with Crippen molar-refractivity contribution in [3.63, 3.8) is 0 Å². The number of methoxy groups -OCH3 is 1. The molecule has 4 rings (SSSR count). The molecule has 7 heteroatoms. The highest BCUT2D eigenvalue weighted by Gasteiger charge is 2.60. The SMILES string of the molecule is COC(=O)C(CCNC(=O)C1CC[C@H]2[C@@H]3CCC4NC(=O)C=C[C@]4(C)[C@@H]3CC[C@]12C)SC. The van der Waals surface area contributed by atoms with Crippen molar-refractivity contribution in [1.29, 1.82) is 0 Å². The lowest BCUT2D eigenvalue weighted by molar-refractivity contribution is -0.140. The van der Waals surface area contributed by atoms with Crippen LogP contribution in [0.3, 0.4) is 0 Å². The molecular formula is C25H38N2O4S. The number of amides is 2. The average Bonchev–Trinajstić information content (AvgIpc) is 3.14. The summed E-state index contributed by atoms with van der Waals surface area (Å²) in [5.74, 6) is 1.77. The van der Waals surface area contributed by atoms with Crippen LogP contribution in [0.4, 0.5) is 0 Å². The Morgan fingerprint density at radius 3 is 2.72 bits per heavy atom. The van der Waals surface area contributed by atoms with Crippen molar-refractivity contribution in [2.75, 3.05) is 19.9 Å². The Morgan fingerprint density at radius 1 is 1.22 bits per heavy atom. The molecule has 0 saturated heterocycles. The third-order valence-corrected chi connectivity index (χ3v) is 10.5. The zero-order valence-electron chi connectivity index (χ0n) is 19.8. The lowest BCUT2D eigenvalue weighted by Gasteiger charge is -2.58. The van der Waals surface area contributed by atoms with Gasteiger partial charge in [-0.1, -0.05) is 19.9 Å². The minimum Gasteiger partial charge on any atom is -0.468 e. The molecule has 1 heterocycles. The van der Waals surface area contributed by atoms with E-state index in [0.717, 1.165) is 38.5 Å². The normalized spacial score (nSPS) is 41.0. The van der Waals surface area contributed by atoms with Crippen molar-refractivity contribution in [1.82, 2.24) is 10.6 Å². The fraction of sp³-hybridized carbons (Fsp3) is 0.800. The smallest absolute Gasteiger partial charge is 0.318 e. The van der Waals surface area contributed by atoms with E-state index in [1.807, 2.05) is 6.26 Å². The maximum Gasteiger partial charge on any atom is 0.318 e. The van der Waals surface area contributed by atoms with Gasteiger partial charge in [0.2, 0.25) is 11.8 Å². The second-order valence-electron chi connectivity index (χ2n) is 10.7. The number of carbonyl (C=O) groups is 3. The van der Waals surface area contributed by atoms with Crippen molar-refractivity contribution in [2.45, 2.75) is 70.1 Å². The number of rotatable bonds is 6. The molecule has 3 unspecified atom stereocenters. The van der Waals surface area contributed by atoms with E-state index in [2.05, 4.69) is 30.6 Å². The van der Waals surface area contributed by atoms with Gasteiger partial charge in [-0.25, -0.2) is 0 Å². The second-order valence-corrected chi connectivity index (χ2v) is 11.8. The van der Waals surface area contributed by atoms with Crippen molar-refractivity contribution < 1.29 is 19.1 Å². The van der Waals surface area contributed by atoms with Crippen LogP contribution in [-0.4, -0.2) is 49.0 Å². The summed E-state index contributed by atoms with van der Waals surface area (Å²) >= 11 is 1.47. The number of ether oxygens (including phenoxy) is 1. The molecule has 0 aromatic carbocycles. The van der Waals surface area contributed by atoms with Crippen LogP contribution in [0, 0.1) is 34.5 Å². The van der Waals surface area contributed by atoms with Crippen molar-refractivity contribution in [3.8, 4) is 0 Å². The van der Waals surface area contributed by atoms with E-state index in [1.54, 1.807) is 6.08 Å². The topological polar surface area (TPSA) is 84.5 Å². The Labute approximate surface area is 196 Å². The number of fused-ring (bicyclic) bond motifs is 5. The molecule has 0 radical (unpaired) electrons. The monoisotopic (exact) mass is 462 g/mol. The minimum atomic E-state index is -0.234. The molecule has 0 aromatic rings. The molecule has 3 saturated carbocycles. The molecular weight excluding hydrogens is 424 g/mol. The summed E-state index contributed by atoms with van der Waals surface area (Å²) in [4.78, 5) is 36.9. The molecule has 0 aromatic heterocycles. The predicted molar refractivity (Wildman–Crippen MR) is 126 cm³/mol. The van der Waals surface area contributed by atoms with Crippen LogP contribution in [0.25, 0.3) is 0 Å². The molecule has 6 nitrogen and oxygen atoms in total. The first-order valence-corrected chi connectivity index (χ1v) is 13.4. The van der Waals surface area contributed by atoms with Crippen molar-refractivity contribution in [3.05, 3.63) is 12.2 Å². The number of hydrogen-bond acceptors (Lipinski definition) is 5. The Kier molecular flexibility index (Phi) is 6.68. The summed E-state index contributed by atoms with van der Waals surface area (Å²) in [6.07, 6.45) is 12.8. The first-order valence-electron chi connectivity index (χ1n) is 12.1. The zero-order valence-corrected chi connectivity index (χ0v) is 20.6. The number of esters is 1. The third-order valence-electron chi connectivity index (χ3n) is 9.46. The summed E-state index contributed by atoms with van der Waals surface area (Å²) in [5, 5.41) is 6.12. The summed E-state index contributed by atoms with van der Waals surface area (Å²) < 4.78 is 4.85. The van der Waals surface area contributed by atoms with Gasteiger partial charge in [0, 0.05) is 23.9 Å². The Balaban J connectivity index is 1.42. The number of thioether (sulfide) groups is 1. The van der Waals surface area contributed by atoms with Crippen LogP contribution < -0.4 is 10.6 Å². The fourth-order valence-electron chi connectivity index (χ4n) is 7.68. The summed E-state index contributed by atoms with van der Waals surface area (Å²) in [5.41, 5.74) is 0.0660. The van der Waals surface area contributed by atoms with Gasteiger partial charge in [0.25, 0.3) is 0 Å². The van der Waals surface area contributed by atoms with Gasteiger partial charge in [0.05, 0.1) is 7.11 Å². The van der Waals surface area contributed by atoms with Crippen LogP contribution in [0.2, 0.25) is 0 Å². The Bertz CT molecular complexity index is 801. The van der Waals surface area contributed by atoms with E-state index >= 15 is 0 Å². The molecule has 3 aliphatic carbocycles. The van der Waals surface area contributed by atoms with E-state index in [1.165, 1.54) is 18.9 Å². The van der Waals surface area contributed by atoms with Crippen molar-refractivity contribution in [2.24, 2.45) is 34.5 Å². The van der Waals surface area contributed by atoms with Crippen LogP contribution in [0.15, 0.2) is 12.2 Å². The van der Waals surface area contributed by atoms with Gasteiger partial charge < -0.3 is 15.4 Å². The van der Waals surface area contributed by atoms with Crippen LogP contribution in [0.5, 0.6) is 0 Å². The van der Waals surface area contributed by atoms with Crippen molar-refractivity contribution >= 4 is 29.5 Å². The maximum atomic E-state index is 13.2. The first-order chi connectivity index (χ1) is 15.2. The van der Waals surface area contributed by atoms with Gasteiger partial charge in [-0.15, -0.1) is 0 Å². The van der Waals surface area contributed by atoms with Gasteiger partial charge in [-0.2, -0.15) is 11.8 Å². The molecule has 8 atom stereocenters. The van der Waals surface area contributed by atoms with Gasteiger partial charge >= 0.3 is 5.97 Å². The van der Waals surface area contributed by atoms with E-state index in [9.17, 15) is 14.4 Å². The Morgan fingerprint density at radius 2 is 2.00 bits per heavy atom. The van der Waals surface area contributed by atoms with Gasteiger partial charge in [-0.3, -0.25) is 14.4 Å². The first kappa shape index (κ1) is 23.7. The van der Waals surface area contributed by atoms with Crippen LogP contribution in [0.1, 0.15) is 58.8 Å². The van der Waals surface area contributed by atoms with Gasteiger partial charge in [0.15, 0.2) is 0 Å². The zero-order chi connectivity index (χ0) is 23.1.